The molecule has 4 aliphatic carbocycles. The normalized spacial score (nSPS) is 42.3. The Morgan fingerprint density at radius 2 is 1.90 bits per heavy atom. The number of aliphatic carboxylic acids is 1. The van der Waals surface area contributed by atoms with E-state index in [9.17, 15) is 15.0 Å². The molecule has 3 saturated carbocycles. The van der Waals surface area contributed by atoms with Gasteiger partial charge in [0.15, 0.2) is 0 Å². The van der Waals surface area contributed by atoms with Crippen molar-refractivity contribution in [3.05, 3.63) is 53.8 Å². The van der Waals surface area contributed by atoms with Gasteiger partial charge in [-0.2, -0.15) is 0 Å². The fourth-order valence-electron chi connectivity index (χ4n) is 7.73. The minimum atomic E-state index is -0.675. The van der Waals surface area contributed by atoms with Crippen molar-refractivity contribution in [3.63, 3.8) is 0 Å². The number of para-hydroxylation sites is 1. The third-order valence-electron chi connectivity index (χ3n) is 9.10. The predicted molar refractivity (Wildman–Crippen MR) is 118 cm³/mol. The minimum absolute atomic E-state index is 0.0349. The molecule has 0 aliphatic heterocycles. The van der Waals surface area contributed by atoms with E-state index in [1.807, 2.05) is 18.2 Å². The molecule has 4 aliphatic rings. The quantitative estimate of drug-likeness (QED) is 0.642. The summed E-state index contributed by atoms with van der Waals surface area (Å²) in [6.07, 6.45) is 9.58. The zero-order chi connectivity index (χ0) is 21.1. The molecular weight excluding hydrogens is 374 g/mol. The van der Waals surface area contributed by atoms with E-state index in [0.717, 1.165) is 43.5 Å². The highest BCUT2D eigenvalue weighted by atomic mass is 16.4. The number of nitrogens with one attached hydrogen (secondary N) is 1. The maximum Gasteiger partial charge on any atom is 0.307 e. The van der Waals surface area contributed by atoms with Crippen LogP contribution in [0.2, 0.25) is 0 Å². The Hall–Kier alpha value is -2.07. The van der Waals surface area contributed by atoms with Crippen molar-refractivity contribution in [1.82, 2.24) is 0 Å². The van der Waals surface area contributed by atoms with E-state index in [1.54, 1.807) is 0 Å². The number of hydrogen-bond donors (Lipinski definition) is 3. The molecule has 0 aromatic heterocycles. The van der Waals surface area contributed by atoms with Gasteiger partial charge in [0.1, 0.15) is 0 Å². The smallest absolute Gasteiger partial charge is 0.307 e. The van der Waals surface area contributed by atoms with Gasteiger partial charge in [0.05, 0.1) is 12.0 Å². The first-order valence-corrected chi connectivity index (χ1v) is 11.5. The SMILES string of the molecule is CC12CC=C(Nc3ccccc3)C=C1CCC1C2C(O)CC2(C)C(C(=O)O)CCC12. The van der Waals surface area contributed by atoms with Crippen molar-refractivity contribution in [2.75, 3.05) is 5.32 Å². The summed E-state index contributed by atoms with van der Waals surface area (Å²) in [5.41, 5.74) is 3.38. The predicted octanol–water partition coefficient (Wildman–Crippen LogP) is 5.23. The standard InChI is InChI=1S/C26H33NO3/c1-25-13-12-18(27-17-6-4-3-5-7-17)14-16(25)8-9-19-20-10-11-21(24(29)30)26(20,2)15-22(28)23(19)25/h3-7,12,14,19-23,27-28H,8-11,13,15H2,1-2H3,(H,29,30). The highest BCUT2D eigenvalue weighted by Crippen LogP contribution is 2.66. The van der Waals surface area contributed by atoms with Crippen LogP contribution in [0.4, 0.5) is 5.69 Å². The molecule has 160 valence electrons. The first-order valence-electron chi connectivity index (χ1n) is 11.5. The maximum absolute atomic E-state index is 11.9. The summed E-state index contributed by atoms with van der Waals surface area (Å²) >= 11 is 0. The van der Waals surface area contributed by atoms with Gasteiger partial charge in [-0.05, 0) is 85.3 Å². The summed E-state index contributed by atoms with van der Waals surface area (Å²) in [6.45, 7) is 4.47. The molecule has 0 radical (unpaired) electrons. The second-order valence-electron chi connectivity index (χ2n) is 10.5. The summed E-state index contributed by atoms with van der Waals surface area (Å²) in [7, 11) is 0. The Kier molecular flexibility index (Phi) is 4.62. The zero-order valence-corrected chi connectivity index (χ0v) is 18.0. The van der Waals surface area contributed by atoms with Crippen molar-refractivity contribution in [3.8, 4) is 0 Å². The average Bonchev–Trinajstić information content (AvgIpc) is 3.05. The van der Waals surface area contributed by atoms with Gasteiger partial charge < -0.3 is 15.5 Å². The van der Waals surface area contributed by atoms with Gasteiger partial charge in [0.25, 0.3) is 0 Å². The van der Waals surface area contributed by atoms with E-state index in [-0.39, 0.29) is 22.7 Å². The van der Waals surface area contributed by atoms with Crippen LogP contribution in [-0.4, -0.2) is 22.3 Å². The van der Waals surface area contributed by atoms with Gasteiger partial charge in [-0.1, -0.05) is 43.7 Å². The summed E-state index contributed by atoms with van der Waals surface area (Å²) in [5.74, 6) is 0.0689. The molecule has 3 N–H and O–H groups in total. The lowest BCUT2D eigenvalue weighted by atomic mass is 9.46. The van der Waals surface area contributed by atoms with Crippen molar-refractivity contribution in [2.24, 2.45) is 34.5 Å². The monoisotopic (exact) mass is 407 g/mol. The molecule has 0 amide bonds. The van der Waals surface area contributed by atoms with E-state index in [2.05, 4.69) is 43.4 Å². The molecule has 0 heterocycles. The van der Waals surface area contributed by atoms with Crippen LogP contribution in [0.15, 0.2) is 53.8 Å². The van der Waals surface area contributed by atoms with E-state index in [1.165, 1.54) is 5.57 Å². The summed E-state index contributed by atoms with van der Waals surface area (Å²) in [6, 6.07) is 10.3. The van der Waals surface area contributed by atoms with Crippen LogP contribution in [0, 0.1) is 34.5 Å². The number of carbonyl (C=O) groups is 1. The lowest BCUT2D eigenvalue weighted by molar-refractivity contribution is -0.156. The highest BCUT2D eigenvalue weighted by molar-refractivity contribution is 5.71. The van der Waals surface area contributed by atoms with Crippen LogP contribution in [0.1, 0.15) is 52.4 Å². The molecule has 3 fully saturated rings. The molecule has 30 heavy (non-hydrogen) atoms. The topological polar surface area (TPSA) is 69.6 Å². The largest absolute Gasteiger partial charge is 0.481 e. The van der Waals surface area contributed by atoms with Crippen LogP contribution in [0.25, 0.3) is 0 Å². The summed E-state index contributed by atoms with van der Waals surface area (Å²) < 4.78 is 0. The Labute approximate surface area is 179 Å². The lowest BCUT2D eigenvalue weighted by Crippen LogP contribution is -2.56. The molecule has 0 bridgehead atoms. The molecule has 1 aromatic carbocycles. The maximum atomic E-state index is 11.9. The van der Waals surface area contributed by atoms with Crippen LogP contribution >= 0.6 is 0 Å². The fourth-order valence-corrected chi connectivity index (χ4v) is 7.73. The number of fused-ring (bicyclic) bond motifs is 5. The van der Waals surface area contributed by atoms with E-state index < -0.39 is 12.1 Å². The Balaban J connectivity index is 1.42. The number of allylic oxidation sites excluding steroid dienone is 3. The molecule has 1 aromatic rings. The van der Waals surface area contributed by atoms with Crippen molar-refractivity contribution < 1.29 is 15.0 Å². The minimum Gasteiger partial charge on any atom is -0.481 e. The Bertz CT molecular complexity index is 906. The number of aliphatic hydroxyl groups is 1. The first-order chi connectivity index (χ1) is 14.3. The average molecular weight is 408 g/mol. The van der Waals surface area contributed by atoms with Gasteiger partial charge in [-0.15, -0.1) is 0 Å². The Morgan fingerprint density at radius 1 is 1.13 bits per heavy atom. The molecule has 7 atom stereocenters. The molecule has 5 rings (SSSR count). The zero-order valence-electron chi connectivity index (χ0n) is 18.0. The van der Waals surface area contributed by atoms with E-state index >= 15 is 0 Å². The molecule has 4 heteroatoms. The van der Waals surface area contributed by atoms with Crippen LogP contribution in [0.3, 0.4) is 0 Å². The number of anilines is 1. The second kappa shape index (κ2) is 6.98. The van der Waals surface area contributed by atoms with Gasteiger partial charge in [-0.3, -0.25) is 4.79 Å². The number of aliphatic hydroxyl groups excluding tert-OH is 1. The second-order valence-corrected chi connectivity index (χ2v) is 10.5. The first kappa shape index (κ1) is 19.9. The third-order valence-corrected chi connectivity index (χ3v) is 9.10. The van der Waals surface area contributed by atoms with Crippen molar-refractivity contribution in [2.45, 2.75) is 58.5 Å². The molecule has 7 unspecified atom stereocenters. The number of carboxylic acid groups (broad SMARTS) is 1. The van der Waals surface area contributed by atoms with Gasteiger partial charge >= 0.3 is 5.97 Å². The van der Waals surface area contributed by atoms with Crippen molar-refractivity contribution in [1.29, 1.82) is 0 Å². The number of rotatable bonds is 3. The lowest BCUT2D eigenvalue weighted by Gasteiger charge is -2.59. The van der Waals surface area contributed by atoms with Gasteiger partial charge in [-0.25, -0.2) is 0 Å². The molecule has 0 spiro atoms. The van der Waals surface area contributed by atoms with Gasteiger partial charge in [0, 0.05) is 11.4 Å². The van der Waals surface area contributed by atoms with E-state index in [4.69, 9.17) is 0 Å². The van der Waals surface area contributed by atoms with Crippen LogP contribution < -0.4 is 5.32 Å². The van der Waals surface area contributed by atoms with Crippen LogP contribution in [0.5, 0.6) is 0 Å². The molecular formula is C26H33NO3. The number of benzene rings is 1. The summed E-state index contributed by atoms with van der Waals surface area (Å²) in [5, 5.41) is 24.7. The number of hydrogen-bond acceptors (Lipinski definition) is 3. The van der Waals surface area contributed by atoms with Crippen LogP contribution in [-0.2, 0) is 4.79 Å². The third kappa shape index (κ3) is 2.87. The Morgan fingerprint density at radius 3 is 2.63 bits per heavy atom. The molecule has 4 nitrogen and oxygen atoms in total. The number of carboxylic acids is 1. The van der Waals surface area contributed by atoms with Crippen molar-refractivity contribution >= 4 is 11.7 Å². The highest BCUT2D eigenvalue weighted by Gasteiger charge is 2.62. The summed E-state index contributed by atoms with van der Waals surface area (Å²) in [4.78, 5) is 11.9. The fraction of sp³-hybridized carbons (Fsp3) is 0.577. The van der Waals surface area contributed by atoms with E-state index in [0.29, 0.717) is 18.3 Å². The van der Waals surface area contributed by atoms with Gasteiger partial charge in [0.2, 0.25) is 0 Å². The molecule has 0 saturated heterocycles.